The number of amides is 1. The lowest BCUT2D eigenvalue weighted by Crippen LogP contribution is -2.46. The molecule has 1 aliphatic rings. The van der Waals surface area contributed by atoms with Gasteiger partial charge in [0.25, 0.3) is 0 Å². The monoisotopic (exact) mass is 509 g/mol. The molecule has 0 saturated heterocycles. The number of methoxy groups -OCH3 is 1. The lowest BCUT2D eigenvalue weighted by molar-refractivity contribution is -0.124. The minimum Gasteiger partial charge on any atom is -0.384 e. The van der Waals surface area contributed by atoms with Crippen LogP contribution in [-0.4, -0.2) is 32.5 Å². The van der Waals surface area contributed by atoms with E-state index in [2.05, 4.69) is 85.2 Å². The van der Waals surface area contributed by atoms with E-state index in [1.165, 1.54) is 6.42 Å². The number of hydrogen-bond donors (Lipinski definition) is 1. The molecule has 0 aromatic carbocycles. The SMILES string of the molecule is CCC=CCC=CCC=CCC=CCC=CCC=CCCC(=O)NCC1(C(C=O)COC)CCCCC1. The van der Waals surface area contributed by atoms with Crippen molar-refractivity contribution >= 4 is 12.2 Å². The smallest absolute Gasteiger partial charge is 0.220 e. The number of carbonyl (C=O) groups excluding carboxylic acids is 2. The molecule has 0 aromatic rings. The Hall–Kier alpha value is -2.46. The molecule has 0 aromatic heterocycles. The van der Waals surface area contributed by atoms with Crippen molar-refractivity contribution in [2.45, 2.75) is 90.4 Å². The molecule has 4 nitrogen and oxygen atoms in total. The molecule has 37 heavy (non-hydrogen) atoms. The van der Waals surface area contributed by atoms with Gasteiger partial charge in [0.15, 0.2) is 0 Å². The van der Waals surface area contributed by atoms with Crippen molar-refractivity contribution < 1.29 is 14.3 Å². The summed E-state index contributed by atoms with van der Waals surface area (Å²) in [6, 6.07) is 0. The van der Waals surface area contributed by atoms with Gasteiger partial charge in [0.1, 0.15) is 6.29 Å². The quantitative estimate of drug-likeness (QED) is 0.134. The van der Waals surface area contributed by atoms with E-state index < -0.39 is 0 Å². The lowest BCUT2D eigenvalue weighted by Gasteiger charge is -2.41. The van der Waals surface area contributed by atoms with Crippen LogP contribution in [0.2, 0.25) is 0 Å². The molecule has 0 bridgehead atoms. The van der Waals surface area contributed by atoms with Crippen LogP contribution in [0, 0.1) is 11.3 Å². The van der Waals surface area contributed by atoms with E-state index in [9.17, 15) is 9.59 Å². The van der Waals surface area contributed by atoms with Crippen LogP contribution < -0.4 is 5.32 Å². The first-order valence-electron chi connectivity index (χ1n) is 14.3. The van der Waals surface area contributed by atoms with E-state index in [0.29, 0.717) is 19.6 Å². The van der Waals surface area contributed by atoms with E-state index in [1.54, 1.807) is 7.11 Å². The number of nitrogens with one attached hydrogen (secondary N) is 1. The fourth-order valence-electron chi connectivity index (χ4n) is 4.69. The van der Waals surface area contributed by atoms with E-state index in [0.717, 1.165) is 76.9 Å². The number of carbonyl (C=O) groups is 2. The molecule has 0 aliphatic heterocycles. The van der Waals surface area contributed by atoms with Gasteiger partial charge in [-0.3, -0.25) is 4.79 Å². The predicted octanol–water partition coefficient (Wildman–Crippen LogP) is 7.99. The van der Waals surface area contributed by atoms with Gasteiger partial charge in [-0.2, -0.15) is 0 Å². The van der Waals surface area contributed by atoms with Crippen molar-refractivity contribution in [3.05, 3.63) is 72.9 Å². The third kappa shape index (κ3) is 16.1. The van der Waals surface area contributed by atoms with Crippen LogP contribution in [0.15, 0.2) is 72.9 Å². The summed E-state index contributed by atoms with van der Waals surface area (Å²) in [5.74, 6) is -0.0898. The second-order valence-electron chi connectivity index (χ2n) is 9.85. The van der Waals surface area contributed by atoms with Gasteiger partial charge < -0.3 is 14.8 Å². The van der Waals surface area contributed by atoms with E-state index in [1.807, 2.05) is 0 Å². The summed E-state index contributed by atoms with van der Waals surface area (Å²) in [6.45, 7) is 3.15. The number of hydrogen-bond acceptors (Lipinski definition) is 3. The maximum Gasteiger partial charge on any atom is 0.220 e. The highest BCUT2D eigenvalue weighted by atomic mass is 16.5. The molecule has 4 heteroatoms. The average Bonchev–Trinajstić information content (AvgIpc) is 2.92. The molecule has 1 aliphatic carbocycles. The molecule has 0 spiro atoms. The van der Waals surface area contributed by atoms with E-state index >= 15 is 0 Å². The molecule has 1 fully saturated rings. The first-order valence-corrected chi connectivity index (χ1v) is 14.3. The molecule has 0 heterocycles. The van der Waals surface area contributed by atoms with Crippen molar-refractivity contribution in [3.8, 4) is 0 Å². The first-order chi connectivity index (χ1) is 18.2. The van der Waals surface area contributed by atoms with Gasteiger partial charge in [-0.05, 0) is 63.2 Å². The van der Waals surface area contributed by atoms with Gasteiger partial charge in [-0.1, -0.05) is 99.1 Å². The van der Waals surface area contributed by atoms with Gasteiger partial charge in [0.05, 0.1) is 6.61 Å². The first kappa shape index (κ1) is 32.6. The second kappa shape index (κ2) is 22.7. The zero-order valence-electron chi connectivity index (χ0n) is 23.4. The molecule has 1 amide bonds. The summed E-state index contributed by atoms with van der Waals surface area (Å²) in [7, 11) is 1.64. The Morgan fingerprint density at radius 2 is 1.27 bits per heavy atom. The van der Waals surface area contributed by atoms with Crippen LogP contribution in [0.5, 0.6) is 0 Å². The highest BCUT2D eigenvalue weighted by molar-refractivity contribution is 5.76. The van der Waals surface area contributed by atoms with Gasteiger partial charge >= 0.3 is 0 Å². The minimum atomic E-state index is -0.153. The fourth-order valence-corrected chi connectivity index (χ4v) is 4.69. The lowest BCUT2D eigenvalue weighted by atomic mass is 9.66. The summed E-state index contributed by atoms with van der Waals surface area (Å²) in [4.78, 5) is 24.1. The molecule has 1 unspecified atom stereocenters. The van der Waals surface area contributed by atoms with Crippen LogP contribution >= 0.6 is 0 Å². The van der Waals surface area contributed by atoms with Crippen molar-refractivity contribution in [1.29, 1.82) is 0 Å². The molecule has 1 atom stereocenters. The molecule has 1 rings (SSSR count). The van der Waals surface area contributed by atoms with Gasteiger partial charge in [-0.15, -0.1) is 0 Å². The molecular formula is C33H51NO3. The molecule has 1 saturated carbocycles. The fraction of sp³-hybridized carbons (Fsp3) is 0.576. The average molecular weight is 510 g/mol. The highest BCUT2D eigenvalue weighted by Crippen LogP contribution is 2.41. The zero-order valence-corrected chi connectivity index (χ0v) is 23.4. The number of ether oxygens (including phenoxy) is 1. The summed E-state index contributed by atoms with van der Waals surface area (Å²) in [6.07, 6.45) is 39.7. The molecular weight excluding hydrogens is 458 g/mol. The maximum absolute atomic E-state index is 12.4. The van der Waals surface area contributed by atoms with Gasteiger partial charge in [0.2, 0.25) is 5.91 Å². The minimum absolute atomic E-state index is 0.0616. The van der Waals surface area contributed by atoms with Crippen LogP contribution in [0.25, 0.3) is 0 Å². The van der Waals surface area contributed by atoms with Gasteiger partial charge in [0, 0.05) is 26.0 Å². The third-order valence-corrected chi connectivity index (χ3v) is 6.92. The van der Waals surface area contributed by atoms with Crippen molar-refractivity contribution in [2.24, 2.45) is 11.3 Å². The van der Waals surface area contributed by atoms with Gasteiger partial charge in [-0.25, -0.2) is 0 Å². The van der Waals surface area contributed by atoms with E-state index in [4.69, 9.17) is 4.74 Å². The molecule has 1 N–H and O–H groups in total. The van der Waals surface area contributed by atoms with Crippen LogP contribution in [-0.2, 0) is 14.3 Å². The summed E-state index contributed by atoms with van der Waals surface area (Å²) in [5.41, 5.74) is -0.153. The Bertz CT molecular complexity index is 766. The Labute approximate surface area is 226 Å². The number of allylic oxidation sites excluding steroid dienone is 12. The second-order valence-corrected chi connectivity index (χ2v) is 9.85. The zero-order chi connectivity index (χ0) is 26.9. The Morgan fingerprint density at radius 3 is 1.73 bits per heavy atom. The predicted molar refractivity (Wildman–Crippen MR) is 157 cm³/mol. The van der Waals surface area contributed by atoms with E-state index in [-0.39, 0.29) is 17.2 Å². The largest absolute Gasteiger partial charge is 0.384 e. The summed E-state index contributed by atoms with van der Waals surface area (Å²) >= 11 is 0. The standard InChI is InChI=1S/C33H51NO3/c1-3-4-5-6-7-8-9-10-11-12-13-14-15-16-17-18-19-20-22-25-32(36)34-30-33(26-23-21-24-27-33)31(28-35)29-37-2/h4-5,7-8,10-11,13-14,16-17,19-20,28,31H,3,6,9,12,15,18,21-27,29-30H2,1-2H3,(H,34,36). The third-order valence-electron chi connectivity index (χ3n) is 6.92. The van der Waals surface area contributed by atoms with Crippen LogP contribution in [0.4, 0.5) is 0 Å². The van der Waals surface area contributed by atoms with Crippen molar-refractivity contribution in [2.75, 3.05) is 20.3 Å². The number of rotatable bonds is 20. The van der Waals surface area contributed by atoms with Crippen molar-refractivity contribution in [1.82, 2.24) is 5.32 Å². The van der Waals surface area contributed by atoms with Crippen LogP contribution in [0.1, 0.15) is 90.4 Å². The summed E-state index contributed by atoms with van der Waals surface area (Å²) < 4.78 is 5.28. The number of aldehydes is 1. The maximum atomic E-state index is 12.4. The molecule has 0 radical (unpaired) electrons. The molecule has 206 valence electrons. The normalized spacial score (nSPS) is 17.2. The highest BCUT2D eigenvalue weighted by Gasteiger charge is 2.39. The van der Waals surface area contributed by atoms with Crippen molar-refractivity contribution in [3.63, 3.8) is 0 Å². The van der Waals surface area contributed by atoms with Crippen LogP contribution in [0.3, 0.4) is 0 Å². The Morgan fingerprint density at radius 1 is 0.784 bits per heavy atom. The topological polar surface area (TPSA) is 55.4 Å². The Kier molecular flexibility index (Phi) is 20.0. The Balaban J connectivity index is 2.15. The summed E-state index contributed by atoms with van der Waals surface area (Å²) in [5, 5.41) is 3.11.